The van der Waals surface area contributed by atoms with Crippen LogP contribution in [0.15, 0.2) is 23.4 Å². The molecule has 20 heavy (non-hydrogen) atoms. The molecule has 2 aromatic rings. The van der Waals surface area contributed by atoms with Crippen LogP contribution >= 0.6 is 34.4 Å². The van der Waals surface area contributed by atoms with E-state index in [1.54, 1.807) is 0 Å². The Morgan fingerprint density at radius 2 is 2.30 bits per heavy atom. The average Bonchev–Trinajstić information content (AvgIpc) is 2.69. The first-order valence-corrected chi connectivity index (χ1v) is 8.63. The third kappa shape index (κ3) is 2.67. The minimum atomic E-state index is -0.801. The van der Waals surface area contributed by atoms with Gasteiger partial charge in [0.25, 0.3) is 0 Å². The maximum atomic E-state index is 10.8. The first-order valence-electron chi connectivity index (χ1n) is 6.56. The number of aliphatic carboxylic acids is 1. The number of aromatic nitrogens is 2. The summed E-state index contributed by atoms with van der Waals surface area (Å²) in [4.78, 5) is 15.4. The van der Waals surface area contributed by atoms with Gasteiger partial charge in [0, 0.05) is 9.61 Å². The lowest BCUT2D eigenvalue weighted by molar-refractivity contribution is -0.133. The summed E-state index contributed by atoms with van der Waals surface area (Å²) < 4.78 is 3.38. The van der Waals surface area contributed by atoms with E-state index >= 15 is 0 Å². The normalized spacial score (nSPS) is 21.9. The molecule has 0 radical (unpaired) electrons. The molecule has 1 saturated carbocycles. The van der Waals surface area contributed by atoms with E-state index in [1.165, 1.54) is 11.8 Å². The summed E-state index contributed by atoms with van der Waals surface area (Å²) >= 11 is 3.59. The van der Waals surface area contributed by atoms with Crippen molar-refractivity contribution in [2.75, 3.05) is 5.75 Å². The van der Waals surface area contributed by atoms with Crippen molar-refractivity contribution in [1.82, 2.24) is 9.55 Å². The Morgan fingerprint density at radius 3 is 2.95 bits per heavy atom. The van der Waals surface area contributed by atoms with Crippen LogP contribution in [0.5, 0.6) is 0 Å². The van der Waals surface area contributed by atoms with Crippen molar-refractivity contribution >= 4 is 51.4 Å². The van der Waals surface area contributed by atoms with Crippen LogP contribution in [0.1, 0.15) is 25.8 Å². The summed E-state index contributed by atoms with van der Waals surface area (Å²) in [6.45, 7) is 2.25. The highest BCUT2D eigenvalue weighted by atomic mass is 127. The SMILES string of the molecule is CC1CC(n2c(SCC(=O)O)nc3cc(I)ccc32)C1. The van der Waals surface area contributed by atoms with Crippen LogP contribution in [0.2, 0.25) is 0 Å². The second kappa shape index (κ2) is 5.55. The van der Waals surface area contributed by atoms with Crippen LogP contribution < -0.4 is 0 Å². The van der Waals surface area contributed by atoms with Crippen molar-refractivity contribution < 1.29 is 9.90 Å². The first kappa shape index (κ1) is 14.2. The molecule has 0 amide bonds. The number of nitrogens with zero attached hydrogens (tertiary/aromatic N) is 2. The summed E-state index contributed by atoms with van der Waals surface area (Å²) in [5, 5.41) is 9.71. The zero-order valence-corrected chi connectivity index (χ0v) is 14.0. The minimum absolute atomic E-state index is 0.0582. The Morgan fingerprint density at radius 1 is 1.55 bits per heavy atom. The van der Waals surface area contributed by atoms with Crippen LogP contribution in [-0.4, -0.2) is 26.4 Å². The van der Waals surface area contributed by atoms with Crippen molar-refractivity contribution in [3.63, 3.8) is 0 Å². The summed E-state index contributed by atoms with van der Waals surface area (Å²) in [5.74, 6) is 0.00617. The molecule has 0 aliphatic heterocycles. The number of halogens is 1. The third-order valence-electron chi connectivity index (χ3n) is 3.66. The molecule has 6 heteroatoms. The molecule has 1 aromatic heterocycles. The number of carboxylic acids is 1. The van der Waals surface area contributed by atoms with E-state index in [0.29, 0.717) is 6.04 Å². The minimum Gasteiger partial charge on any atom is -0.481 e. The predicted molar refractivity (Wildman–Crippen MR) is 88.2 cm³/mol. The van der Waals surface area contributed by atoms with Gasteiger partial charge in [-0.15, -0.1) is 0 Å². The van der Waals surface area contributed by atoms with Crippen molar-refractivity contribution in [2.24, 2.45) is 5.92 Å². The Kier molecular flexibility index (Phi) is 3.94. The van der Waals surface area contributed by atoms with Crippen molar-refractivity contribution in [2.45, 2.75) is 31.0 Å². The van der Waals surface area contributed by atoms with E-state index in [1.807, 2.05) is 0 Å². The molecule has 0 spiro atoms. The molecule has 0 saturated heterocycles. The largest absolute Gasteiger partial charge is 0.481 e. The Balaban J connectivity index is 2.02. The van der Waals surface area contributed by atoms with E-state index in [4.69, 9.17) is 5.11 Å². The van der Waals surface area contributed by atoms with Gasteiger partial charge in [-0.3, -0.25) is 4.79 Å². The standard InChI is InChI=1S/C14H15IN2O2S/c1-8-4-10(5-8)17-12-3-2-9(15)6-11(12)16-14(17)20-7-13(18)19/h2-3,6,8,10H,4-5,7H2,1H3,(H,18,19). The third-order valence-corrected chi connectivity index (χ3v) is 5.27. The lowest BCUT2D eigenvalue weighted by atomic mass is 9.81. The summed E-state index contributed by atoms with van der Waals surface area (Å²) in [6.07, 6.45) is 2.30. The first-order chi connectivity index (χ1) is 9.54. The molecular formula is C14H15IN2O2S. The molecule has 0 atom stereocenters. The van der Waals surface area contributed by atoms with Crippen LogP contribution in [0, 0.1) is 9.49 Å². The summed E-state index contributed by atoms with van der Waals surface area (Å²) in [7, 11) is 0. The fourth-order valence-electron chi connectivity index (χ4n) is 2.70. The van der Waals surface area contributed by atoms with Crippen molar-refractivity contribution in [3.8, 4) is 0 Å². The van der Waals surface area contributed by atoms with Crippen molar-refractivity contribution in [3.05, 3.63) is 21.8 Å². The molecule has 1 heterocycles. The van der Waals surface area contributed by atoms with Gasteiger partial charge in [-0.25, -0.2) is 4.98 Å². The predicted octanol–water partition coefficient (Wildman–Crippen LogP) is 3.79. The zero-order chi connectivity index (χ0) is 14.3. The Bertz CT molecular complexity index is 664. The van der Waals surface area contributed by atoms with E-state index in [0.717, 1.165) is 38.5 Å². The number of thioether (sulfide) groups is 1. The topological polar surface area (TPSA) is 55.1 Å². The number of benzene rings is 1. The van der Waals surface area contributed by atoms with Crippen molar-refractivity contribution in [1.29, 1.82) is 0 Å². The monoisotopic (exact) mass is 402 g/mol. The highest BCUT2D eigenvalue weighted by Gasteiger charge is 2.30. The number of fused-ring (bicyclic) bond motifs is 1. The Hall–Kier alpha value is -0.760. The maximum Gasteiger partial charge on any atom is 0.313 e. The summed E-state index contributed by atoms with van der Waals surface area (Å²) in [6, 6.07) is 6.69. The zero-order valence-electron chi connectivity index (χ0n) is 11.0. The number of carbonyl (C=O) groups is 1. The quantitative estimate of drug-likeness (QED) is 0.625. The van der Waals surface area contributed by atoms with E-state index in [2.05, 4.69) is 57.3 Å². The molecule has 0 unspecified atom stereocenters. The fourth-order valence-corrected chi connectivity index (χ4v) is 3.98. The lowest BCUT2D eigenvalue weighted by Crippen LogP contribution is -2.25. The highest BCUT2D eigenvalue weighted by Crippen LogP contribution is 2.41. The Labute approximate surface area is 135 Å². The molecule has 1 fully saturated rings. The number of hydrogen-bond donors (Lipinski definition) is 1. The van der Waals surface area contributed by atoms with Gasteiger partial charge in [0.2, 0.25) is 0 Å². The van der Waals surface area contributed by atoms with Crippen LogP contribution in [0.3, 0.4) is 0 Å². The van der Waals surface area contributed by atoms with E-state index in [-0.39, 0.29) is 5.75 Å². The van der Waals surface area contributed by atoms with Gasteiger partial charge in [-0.2, -0.15) is 0 Å². The molecule has 3 rings (SSSR count). The number of carboxylic acid groups (broad SMARTS) is 1. The van der Waals surface area contributed by atoms with Crippen LogP contribution in [0.4, 0.5) is 0 Å². The summed E-state index contributed by atoms with van der Waals surface area (Å²) in [5.41, 5.74) is 2.08. The second-order valence-electron chi connectivity index (χ2n) is 5.31. The van der Waals surface area contributed by atoms with E-state index < -0.39 is 5.97 Å². The van der Waals surface area contributed by atoms with Crippen LogP contribution in [-0.2, 0) is 4.79 Å². The molecule has 4 nitrogen and oxygen atoms in total. The average molecular weight is 402 g/mol. The van der Waals surface area contributed by atoms with Gasteiger partial charge in [-0.1, -0.05) is 18.7 Å². The highest BCUT2D eigenvalue weighted by molar-refractivity contribution is 14.1. The van der Waals surface area contributed by atoms with Gasteiger partial charge in [0.1, 0.15) is 0 Å². The number of rotatable bonds is 4. The molecule has 0 bridgehead atoms. The molecule has 106 valence electrons. The van der Waals surface area contributed by atoms with Gasteiger partial charge >= 0.3 is 5.97 Å². The second-order valence-corrected chi connectivity index (χ2v) is 7.50. The van der Waals surface area contributed by atoms with Crippen LogP contribution in [0.25, 0.3) is 11.0 Å². The van der Waals surface area contributed by atoms with Gasteiger partial charge < -0.3 is 9.67 Å². The van der Waals surface area contributed by atoms with Gasteiger partial charge in [0.15, 0.2) is 5.16 Å². The number of hydrogen-bond acceptors (Lipinski definition) is 3. The lowest BCUT2D eigenvalue weighted by Gasteiger charge is -2.35. The molecule has 1 aliphatic rings. The van der Waals surface area contributed by atoms with Gasteiger partial charge in [0.05, 0.1) is 16.8 Å². The molecule has 1 aromatic carbocycles. The maximum absolute atomic E-state index is 10.8. The fraction of sp³-hybridized carbons (Fsp3) is 0.429. The molecular weight excluding hydrogens is 387 g/mol. The van der Waals surface area contributed by atoms with E-state index in [9.17, 15) is 4.79 Å². The smallest absolute Gasteiger partial charge is 0.313 e. The molecule has 1 N–H and O–H groups in total. The molecule has 1 aliphatic carbocycles. The number of imidazole rings is 1. The van der Waals surface area contributed by atoms with Gasteiger partial charge in [-0.05, 0) is 59.5 Å².